The van der Waals surface area contributed by atoms with E-state index in [-0.39, 0.29) is 18.0 Å². The second-order valence-electron chi connectivity index (χ2n) is 5.14. The van der Waals surface area contributed by atoms with E-state index >= 15 is 0 Å². The highest BCUT2D eigenvalue weighted by Crippen LogP contribution is 2.18. The molecule has 0 spiro atoms. The number of rotatable bonds is 5. The van der Waals surface area contributed by atoms with Crippen LogP contribution in [-0.2, 0) is 4.74 Å². The zero-order valence-electron chi connectivity index (χ0n) is 13.0. The van der Waals surface area contributed by atoms with Crippen LogP contribution in [0, 0.1) is 6.92 Å². The number of ketones is 1. The molecule has 1 aromatic heterocycles. The Bertz CT molecular complexity index is 789. The Hall–Kier alpha value is -2.43. The van der Waals surface area contributed by atoms with Crippen molar-refractivity contribution in [2.24, 2.45) is 0 Å². The van der Waals surface area contributed by atoms with Crippen molar-refractivity contribution in [3.63, 3.8) is 0 Å². The van der Waals surface area contributed by atoms with Crippen molar-refractivity contribution in [1.82, 2.24) is 4.98 Å². The lowest BCUT2D eigenvalue weighted by Gasteiger charge is -2.08. The number of esters is 1. The maximum atomic E-state index is 12.5. The van der Waals surface area contributed by atoms with Gasteiger partial charge in [0.2, 0.25) is 5.43 Å². The monoisotopic (exact) mass is 301 g/mol. The van der Waals surface area contributed by atoms with E-state index < -0.39 is 11.4 Å². The zero-order chi connectivity index (χ0) is 16.3. The maximum Gasteiger partial charge on any atom is 0.343 e. The number of Topliss-reactive ketones (excluding diaryl/α,β-unsaturated/α-hetero) is 1. The number of carbonyl (C=O) groups excluding carboxylic acids is 2. The standard InChI is InChI=1S/C17H19NO4/c1-4-6-15(19)11-8-12-14(7-10(11)3)18-9-13(16(12)20)17(21)22-5-2/h7-9H,4-6H2,1-3H3,(H,18,20). The van der Waals surface area contributed by atoms with Gasteiger partial charge < -0.3 is 9.72 Å². The molecule has 22 heavy (non-hydrogen) atoms. The Morgan fingerprint density at radius 1 is 1.18 bits per heavy atom. The molecule has 1 aromatic carbocycles. The summed E-state index contributed by atoms with van der Waals surface area (Å²) < 4.78 is 4.87. The molecule has 0 radical (unpaired) electrons. The van der Waals surface area contributed by atoms with E-state index in [1.807, 2.05) is 13.8 Å². The van der Waals surface area contributed by atoms with Gasteiger partial charge in [0.05, 0.1) is 6.61 Å². The van der Waals surface area contributed by atoms with Gasteiger partial charge in [0.15, 0.2) is 5.78 Å². The molecule has 1 heterocycles. The summed E-state index contributed by atoms with van der Waals surface area (Å²) in [5.41, 5.74) is 1.47. The number of aromatic amines is 1. The third-order valence-corrected chi connectivity index (χ3v) is 3.50. The quantitative estimate of drug-likeness (QED) is 0.680. The number of aromatic nitrogens is 1. The number of nitrogens with one attached hydrogen (secondary N) is 1. The molecule has 5 nitrogen and oxygen atoms in total. The summed E-state index contributed by atoms with van der Waals surface area (Å²) in [6.45, 7) is 5.64. The predicted octanol–water partition coefficient (Wildman–Crippen LogP) is 3.00. The van der Waals surface area contributed by atoms with Gasteiger partial charge in [-0.1, -0.05) is 6.92 Å². The van der Waals surface area contributed by atoms with Crippen molar-refractivity contribution in [2.45, 2.75) is 33.6 Å². The summed E-state index contributed by atoms with van der Waals surface area (Å²) in [5, 5.41) is 0.329. The molecule has 0 bridgehead atoms. The molecule has 0 amide bonds. The maximum absolute atomic E-state index is 12.5. The molecule has 5 heteroatoms. The fraction of sp³-hybridized carbons (Fsp3) is 0.353. The van der Waals surface area contributed by atoms with Crippen LogP contribution in [0.1, 0.15) is 53.0 Å². The van der Waals surface area contributed by atoms with Crippen LogP contribution in [0.4, 0.5) is 0 Å². The van der Waals surface area contributed by atoms with Gasteiger partial charge in [-0.3, -0.25) is 9.59 Å². The van der Waals surface area contributed by atoms with Crippen LogP contribution in [0.25, 0.3) is 10.9 Å². The van der Waals surface area contributed by atoms with Gasteiger partial charge in [-0.15, -0.1) is 0 Å². The number of pyridine rings is 1. The van der Waals surface area contributed by atoms with Crippen molar-refractivity contribution in [3.05, 3.63) is 45.2 Å². The van der Waals surface area contributed by atoms with Crippen molar-refractivity contribution in [1.29, 1.82) is 0 Å². The van der Waals surface area contributed by atoms with Crippen molar-refractivity contribution >= 4 is 22.7 Å². The SMILES string of the molecule is CCCC(=O)c1cc2c(=O)c(C(=O)OCC)c[nH]c2cc1C. The lowest BCUT2D eigenvalue weighted by atomic mass is 9.98. The van der Waals surface area contributed by atoms with E-state index in [9.17, 15) is 14.4 Å². The molecular formula is C17H19NO4. The zero-order valence-corrected chi connectivity index (χ0v) is 13.0. The minimum absolute atomic E-state index is 0.00263. The van der Waals surface area contributed by atoms with E-state index in [0.717, 1.165) is 12.0 Å². The molecule has 2 aromatic rings. The van der Waals surface area contributed by atoms with Crippen LogP contribution in [0.15, 0.2) is 23.1 Å². The van der Waals surface area contributed by atoms with Gasteiger partial charge in [0.25, 0.3) is 0 Å². The topological polar surface area (TPSA) is 76.2 Å². The first kappa shape index (κ1) is 15.9. The molecule has 0 saturated carbocycles. The number of carbonyl (C=O) groups is 2. The average molecular weight is 301 g/mol. The highest BCUT2D eigenvalue weighted by atomic mass is 16.5. The summed E-state index contributed by atoms with van der Waals surface area (Å²) in [7, 11) is 0. The van der Waals surface area contributed by atoms with Crippen LogP contribution >= 0.6 is 0 Å². The number of aryl methyl sites for hydroxylation is 1. The lowest BCUT2D eigenvalue weighted by Crippen LogP contribution is -2.18. The van der Waals surface area contributed by atoms with Gasteiger partial charge in [-0.25, -0.2) is 4.79 Å². The van der Waals surface area contributed by atoms with Crippen LogP contribution in [0.5, 0.6) is 0 Å². The van der Waals surface area contributed by atoms with Gasteiger partial charge >= 0.3 is 5.97 Å². The third kappa shape index (κ3) is 2.93. The molecule has 1 N–H and O–H groups in total. The number of fused-ring (bicyclic) bond motifs is 1. The van der Waals surface area contributed by atoms with Gasteiger partial charge in [-0.05, 0) is 38.0 Å². The van der Waals surface area contributed by atoms with Crippen LogP contribution < -0.4 is 5.43 Å². The summed E-state index contributed by atoms with van der Waals surface area (Å²) in [5.74, 6) is -0.657. The van der Waals surface area contributed by atoms with Gasteiger partial charge in [-0.2, -0.15) is 0 Å². The Morgan fingerprint density at radius 2 is 1.91 bits per heavy atom. The molecule has 0 atom stereocenters. The van der Waals surface area contributed by atoms with Crippen LogP contribution in [0.3, 0.4) is 0 Å². The number of ether oxygens (including phenoxy) is 1. The van der Waals surface area contributed by atoms with Crippen LogP contribution in [0.2, 0.25) is 0 Å². The first-order chi connectivity index (χ1) is 10.5. The van der Waals surface area contributed by atoms with E-state index in [1.54, 1.807) is 19.1 Å². The predicted molar refractivity (Wildman–Crippen MR) is 84.5 cm³/mol. The van der Waals surface area contributed by atoms with Crippen molar-refractivity contribution < 1.29 is 14.3 Å². The second kappa shape index (κ2) is 6.56. The van der Waals surface area contributed by atoms with E-state index in [2.05, 4.69) is 4.98 Å². The van der Waals surface area contributed by atoms with E-state index in [4.69, 9.17) is 4.74 Å². The first-order valence-corrected chi connectivity index (χ1v) is 7.35. The fourth-order valence-corrected chi connectivity index (χ4v) is 2.40. The Balaban J connectivity index is 2.63. The number of hydrogen-bond acceptors (Lipinski definition) is 4. The molecule has 0 saturated heterocycles. The first-order valence-electron chi connectivity index (χ1n) is 7.35. The summed E-state index contributed by atoms with van der Waals surface area (Å²) >= 11 is 0. The molecule has 2 rings (SSSR count). The largest absolute Gasteiger partial charge is 0.462 e. The Morgan fingerprint density at radius 3 is 2.55 bits per heavy atom. The van der Waals surface area contributed by atoms with Crippen LogP contribution in [-0.4, -0.2) is 23.3 Å². The minimum Gasteiger partial charge on any atom is -0.462 e. The normalized spacial score (nSPS) is 10.7. The summed E-state index contributed by atoms with van der Waals surface area (Å²) in [6.07, 6.45) is 2.53. The highest BCUT2D eigenvalue weighted by molar-refractivity contribution is 6.02. The van der Waals surface area contributed by atoms with E-state index in [1.165, 1.54) is 6.20 Å². The Labute approximate surface area is 128 Å². The third-order valence-electron chi connectivity index (χ3n) is 3.50. The molecule has 0 fully saturated rings. The molecular weight excluding hydrogens is 282 g/mol. The summed E-state index contributed by atoms with van der Waals surface area (Å²) in [4.78, 5) is 39.3. The number of benzene rings is 1. The average Bonchev–Trinajstić information content (AvgIpc) is 2.47. The van der Waals surface area contributed by atoms with Gasteiger partial charge in [0.1, 0.15) is 5.56 Å². The van der Waals surface area contributed by atoms with Crippen molar-refractivity contribution in [2.75, 3.05) is 6.61 Å². The fourth-order valence-electron chi connectivity index (χ4n) is 2.40. The summed E-state index contributed by atoms with van der Waals surface area (Å²) in [6, 6.07) is 3.33. The molecule has 116 valence electrons. The van der Waals surface area contributed by atoms with Gasteiger partial charge in [0, 0.05) is 29.1 Å². The molecule has 0 unspecified atom stereocenters. The highest BCUT2D eigenvalue weighted by Gasteiger charge is 2.16. The minimum atomic E-state index is -0.660. The lowest BCUT2D eigenvalue weighted by molar-refractivity contribution is 0.0524. The number of H-pyrrole nitrogens is 1. The molecule has 0 aliphatic heterocycles. The van der Waals surface area contributed by atoms with E-state index in [0.29, 0.717) is 22.9 Å². The smallest absolute Gasteiger partial charge is 0.343 e. The number of hydrogen-bond donors (Lipinski definition) is 1. The molecule has 0 aliphatic rings. The molecule has 0 aliphatic carbocycles. The second-order valence-corrected chi connectivity index (χ2v) is 5.14. The van der Waals surface area contributed by atoms with Crippen molar-refractivity contribution in [3.8, 4) is 0 Å². The Kier molecular flexibility index (Phi) is 4.75.